The van der Waals surface area contributed by atoms with E-state index in [1.807, 2.05) is 48.4 Å². The van der Waals surface area contributed by atoms with Crippen LogP contribution in [0.2, 0.25) is 0 Å². The van der Waals surface area contributed by atoms with Crippen LogP contribution in [0.3, 0.4) is 0 Å². The van der Waals surface area contributed by atoms with Crippen molar-refractivity contribution in [2.24, 2.45) is 4.99 Å². The molecule has 1 unspecified atom stereocenters. The minimum atomic E-state index is -0.379. The van der Waals surface area contributed by atoms with E-state index in [4.69, 9.17) is 8.83 Å². The number of aryl methyl sites for hydroxylation is 2. The van der Waals surface area contributed by atoms with E-state index in [1.54, 1.807) is 43.7 Å². The second-order valence-corrected chi connectivity index (χ2v) is 7.57. The molecule has 4 heterocycles. The first-order valence-electron chi connectivity index (χ1n) is 10.1. The molecule has 1 N–H and O–H groups in total. The third kappa shape index (κ3) is 3.41. The van der Waals surface area contributed by atoms with Crippen LogP contribution in [0.25, 0.3) is 17.0 Å². The summed E-state index contributed by atoms with van der Waals surface area (Å²) >= 11 is 0. The first-order chi connectivity index (χ1) is 15.5. The minimum Gasteiger partial charge on any atom is -0.463 e. The molecule has 0 saturated heterocycles. The number of allylic oxidation sites excluding steroid dienone is 2. The molecule has 1 atom stereocenters. The largest absolute Gasteiger partial charge is 0.463 e. The molecular weight excluding hydrogens is 408 g/mol. The minimum absolute atomic E-state index is 0.0461. The van der Waals surface area contributed by atoms with E-state index in [0.717, 1.165) is 11.3 Å². The topological polar surface area (TPSA) is 97.0 Å². The van der Waals surface area contributed by atoms with Gasteiger partial charge in [0.15, 0.2) is 11.6 Å². The first kappa shape index (κ1) is 19.6. The van der Waals surface area contributed by atoms with Gasteiger partial charge < -0.3 is 19.1 Å². The maximum absolute atomic E-state index is 11.3. The fraction of sp³-hybridized carbons (Fsp3) is 0.125. The molecule has 160 valence electrons. The molecule has 5 rings (SSSR count). The van der Waals surface area contributed by atoms with E-state index in [2.05, 4.69) is 10.3 Å². The molecule has 8 nitrogen and oxygen atoms in total. The van der Waals surface area contributed by atoms with Crippen molar-refractivity contribution >= 4 is 17.6 Å². The smallest absolute Gasteiger partial charge is 0.273 e. The van der Waals surface area contributed by atoms with E-state index in [0.29, 0.717) is 34.2 Å². The van der Waals surface area contributed by atoms with Gasteiger partial charge in [0.2, 0.25) is 0 Å². The lowest BCUT2D eigenvalue weighted by Crippen LogP contribution is -2.32. The number of rotatable bonds is 5. The van der Waals surface area contributed by atoms with Crippen molar-refractivity contribution in [3.63, 3.8) is 0 Å². The highest BCUT2D eigenvalue weighted by Crippen LogP contribution is 2.33. The molecular formula is C24H20N4O4. The fourth-order valence-electron chi connectivity index (χ4n) is 3.89. The number of benzene rings is 1. The maximum Gasteiger partial charge on any atom is 0.273 e. The number of aliphatic imine (C=N–C) groups is 1. The third-order valence-corrected chi connectivity index (χ3v) is 5.42. The standard InChI is InChI=1S/C24H20N4O4/c1-15-12-16(2)19(28(29)30)13-18(15)20-9-8-17(32-20)14-25-24-23(21-6-5-11-31-21)26-22-7-3-4-10-27(22)24/h3-14,22,26H,1-2H3/b25-14+. The van der Waals surface area contributed by atoms with Gasteiger partial charge in [-0.25, -0.2) is 4.99 Å². The van der Waals surface area contributed by atoms with Crippen molar-refractivity contribution in [3.05, 3.63) is 106 Å². The number of nitro groups is 1. The van der Waals surface area contributed by atoms with E-state index in [9.17, 15) is 10.1 Å². The average molecular weight is 428 g/mol. The zero-order valence-corrected chi connectivity index (χ0v) is 17.5. The Hall–Kier alpha value is -4.33. The van der Waals surface area contributed by atoms with E-state index in [1.165, 1.54) is 0 Å². The van der Waals surface area contributed by atoms with Crippen LogP contribution < -0.4 is 5.32 Å². The van der Waals surface area contributed by atoms with Gasteiger partial charge in [-0.2, -0.15) is 0 Å². The predicted molar refractivity (Wildman–Crippen MR) is 121 cm³/mol. The van der Waals surface area contributed by atoms with Crippen LogP contribution in [0.1, 0.15) is 22.6 Å². The highest BCUT2D eigenvalue weighted by molar-refractivity contribution is 5.80. The van der Waals surface area contributed by atoms with Gasteiger partial charge in [0.1, 0.15) is 23.4 Å². The molecule has 0 radical (unpaired) electrons. The lowest BCUT2D eigenvalue weighted by Gasteiger charge is -2.22. The molecule has 0 fully saturated rings. The highest BCUT2D eigenvalue weighted by Gasteiger charge is 2.31. The summed E-state index contributed by atoms with van der Waals surface area (Å²) in [6.45, 7) is 3.63. The predicted octanol–water partition coefficient (Wildman–Crippen LogP) is 5.12. The molecule has 3 aromatic rings. The quantitative estimate of drug-likeness (QED) is 0.344. The lowest BCUT2D eigenvalue weighted by molar-refractivity contribution is -0.385. The van der Waals surface area contributed by atoms with Crippen LogP contribution in [0, 0.1) is 24.0 Å². The van der Waals surface area contributed by atoms with E-state index < -0.39 is 0 Å². The van der Waals surface area contributed by atoms with Gasteiger partial charge >= 0.3 is 0 Å². The zero-order valence-electron chi connectivity index (χ0n) is 17.5. The third-order valence-electron chi connectivity index (χ3n) is 5.42. The first-order valence-corrected chi connectivity index (χ1v) is 10.1. The molecule has 1 aromatic carbocycles. The van der Waals surface area contributed by atoms with Crippen molar-refractivity contribution in [1.82, 2.24) is 10.2 Å². The van der Waals surface area contributed by atoms with Gasteiger partial charge in [-0.05, 0) is 61.9 Å². The summed E-state index contributed by atoms with van der Waals surface area (Å²) in [5.74, 6) is 2.48. The number of fused-ring (bicyclic) bond motifs is 1. The molecule has 0 amide bonds. The Kier molecular flexibility index (Phi) is 4.74. The summed E-state index contributed by atoms with van der Waals surface area (Å²) in [5, 5.41) is 14.7. The Morgan fingerprint density at radius 2 is 2.03 bits per heavy atom. The van der Waals surface area contributed by atoms with Crippen molar-refractivity contribution in [2.45, 2.75) is 20.0 Å². The Labute approximate surface area is 184 Å². The Balaban J connectivity index is 1.48. The molecule has 8 heteroatoms. The van der Waals surface area contributed by atoms with Crippen molar-refractivity contribution in [3.8, 4) is 11.3 Å². The van der Waals surface area contributed by atoms with Gasteiger partial charge in [0.25, 0.3) is 5.69 Å². The number of nitrogens with one attached hydrogen (secondary N) is 1. The molecule has 0 aliphatic carbocycles. The zero-order chi connectivity index (χ0) is 22.2. The molecule has 0 spiro atoms. The molecule has 2 aromatic heterocycles. The second kappa shape index (κ2) is 7.73. The van der Waals surface area contributed by atoms with Crippen molar-refractivity contribution in [2.75, 3.05) is 0 Å². The highest BCUT2D eigenvalue weighted by atomic mass is 16.6. The SMILES string of the molecule is Cc1cc(C)c([N+](=O)[O-])cc1-c1ccc(/C=N/C2=C(c3ccco3)NC3C=CC=CN23)o1. The molecule has 0 bridgehead atoms. The van der Waals surface area contributed by atoms with Gasteiger partial charge in [0, 0.05) is 23.4 Å². The number of nitrogens with zero attached hydrogens (tertiary/aromatic N) is 3. The summed E-state index contributed by atoms with van der Waals surface area (Å²) in [4.78, 5) is 17.6. The monoisotopic (exact) mass is 428 g/mol. The van der Waals surface area contributed by atoms with Gasteiger partial charge in [-0.1, -0.05) is 6.08 Å². The summed E-state index contributed by atoms with van der Waals surface area (Å²) in [7, 11) is 0. The van der Waals surface area contributed by atoms with Gasteiger partial charge in [-0.3, -0.25) is 10.1 Å². The Morgan fingerprint density at radius 1 is 1.16 bits per heavy atom. The lowest BCUT2D eigenvalue weighted by atomic mass is 10.0. The fourth-order valence-corrected chi connectivity index (χ4v) is 3.89. The number of furan rings is 2. The van der Waals surface area contributed by atoms with Crippen molar-refractivity contribution in [1.29, 1.82) is 0 Å². The summed E-state index contributed by atoms with van der Waals surface area (Å²) < 4.78 is 11.5. The molecule has 0 saturated carbocycles. The summed E-state index contributed by atoms with van der Waals surface area (Å²) in [6, 6.07) is 10.6. The van der Waals surface area contributed by atoms with Gasteiger partial charge in [0.05, 0.1) is 17.4 Å². The Bertz CT molecular complexity index is 1310. The molecule has 32 heavy (non-hydrogen) atoms. The van der Waals surface area contributed by atoms with Crippen molar-refractivity contribution < 1.29 is 13.8 Å². The second-order valence-electron chi connectivity index (χ2n) is 7.57. The normalized spacial score (nSPS) is 17.3. The maximum atomic E-state index is 11.3. The number of hydrogen-bond donors (Lipinski definition) is 1. The average Bonchev–Trinajstić information content (AvgIpc) is 3.51. The molecule has 2 aliphatic heterocycles. The Morgan fingerprint density at radius 3 is 2.81 bits per heavy atom. The van der Waals surface area contributed by atoms with Crippen LogP contribution in [0.4, 0.5) is 5.69 Å². The van der Waals surface area contributed by atoms with Gasteiger partial charge in [-0.15, -0.1) is 0 Å². The van der Waals surface area contributed by atoms with Crippen LogP contribution in [-0.4, -0.2) is 22.2 Å². The van der Waals surface area contributed by atoms with Crippen LogP contribution in [0.5, 0.6) is 0 Å². The van der Waals surface area contributed by atoms with Crippen LogP contribution in [-0.2, 0) is 0 Å². The summed E-state index contributed by atoms with van der Waals surface area (Å²) in [5.41, 5.74) is 3.06. The van der Waals surface area contributed by atoms with E-state index in [-0.39, 0.29) is 16.8 Å². The number of nitro benzene ring substituents is 1. The van der Waals surface area contributed by atoms with Crippen LogP contribution >= 0.6 is 0 Å². The van der Waals surface area contributed by atoms with E-state index >= 15 is 0 Å². The van der Waals surface area contributed by atoms with Crippen LogP contribution in [0.15, 0.2) is 86.7 Å². The molecule has 2 aliphatic rings. The number of hydrogen-bond acceptors (Lipinski definition) is 7. The summed E-state index contributed by atoms with van der Waals surface area (Å²) in [6.07, 6.45) is 11.1.